The number of ether oxygens (including phenoxy) is 1. The highest BCUT2D eigenvalue weighted by Gasteiger charge is 2.62. The Labute approximate surface area is 575 Å². The minimum atomic E-state index is -1.63. The second-order valence-corrected chi connectivity index (χ2v) is 27.4. The molecule has 2 fully saturated rings. The number of aliphatic hydroxyl groups excluding tert-OH is 2. The molecule has 18 atom stereocenters. The van der Waals surface area contributed by atoms with E-state index < -0.39 is 223 Å². The van der Waals surface area contributed by atoms with Gasteiger partial charge in [-0.2, -0.15) is 0 Å². The van der Waals surface area contributed by atoms with Gasteiger partial charge in [0.05, 0.1) is 55.4 Å². The fourth-order valence-electron chi connectivity index (χ4n) is 12.5. The molecule has 12 N–H and O–H groups in total. The summed E-state index contributed by atoms with van der Waals surface area (Å²) < 4.78 is 20.1. The zero-order chi connectivity index (χ0) is 72.9. The van der Waals surface area contributed by atoms with Crippen LogP contribution in [0, 0.1) is 53.3 Å². The number of benzene rings is 3. The number of ketones is 4. The highest BCUT2D eigenvalue weighted by Crippen LogP contribution is 2.48. The summed E-state index contributed by atoms with van der Waals surface area (Å²) >= 11 is 0. The molecule has 0 bridgehead atoms. The molecule has 1 aliphatic carbocycles. The van der Waals surface area contributed by atoms with E-state index in [1.54, 1.807) is 48.5 Å². The van der Waals surface area contributed by atoms with Crippen molar-refractivity contribution in [2.45, 2.75) is 214 Å². The zero-order valence-electron chi connectivity index (χ0n) is 58.7. The van der Waals surface area contributed by atoms with Crippen LogP contribution in [0.25, 0.3) is 22.3 Å². The summed E-state index contributed by atoms with van der Waals surface area (Å²) in [6, 6.07) is 17.8. The van der Waals surface area contributed by atoms with E-state index in [0.717, 1.165) is 27.8 Å². The second-order valence-electron chi connectivity index (χ2n) is 27.4. The Hall–Kier alpha value is -8.09. The first-order valence-electron chi connectivity index (χ1n) is 34.7. The van der Waals surface area contributed by atoms with E-state index in [-0.39, 0.29) is 25.7 Å². The Morgan fingerprint density at radius 1 is 0.663 bits per heavy atom. The lowest BCUT2D eigenvalue weighted by molar-refractivity contribution is -0.157. The van der Waals surface area contributed by atoms with Crippen molar-refractivity contribution in [1.82, 2.24) is 31.9 Å². The topological polar surface area (TPSA) is 379 Å². The Morgan fingerprint density at radius 2 is 1.19 bits per heavy atom. The minimum Gasteiger partial charge on any atom is -0.458 e. The number of nitrogens with one attached hydrogen (secondary N) is 6. The molecule has 1 heterocycles. The monoisotopic (exact) mass is 1360 g/mol. The lowest BCUT2D eigenvalue weighted by Crippen LogP contribution is -2.57. The van der Waals surface area contributed by atoms with Gasteiger partial charge in [-0.1, -0.05) is 167 Å². The highest BCUT2D eigenvalue weighted by atomic mass is 19.1. The molecule has 1 aliphatic heterocycles. The van der Waals surface area contributed by atoms with E-state index in [1.807, 2.05) is 85.8 Å². The number of esters is 1. The number of cyclic esters (lactones) is 1. The van der Waals surface area contributed by atoms with Gasteiger partial charge in [-0.15, -0.1) is 0 Å². The number of hydrogen-bond donors (Lipinski definition) is 10. The van der Waals surface area contributed by atoms with Crippen molar-refractivity contribution in [2.75, 3.05) is 13.2 Å². The van der Waals surface area contributed by atoms with Crippen LogP contribution in [0.3, 0.4) is 0 Å². The van der Waals surface area contributed by atoms with Crippen LogP contribution in [0.1, 0.15) is 159 Å². The van der Waals surface area contributed by atoms with Gasteiger partial charge in [0.15, 0.2) is 23.1 Å². The summed E-state index contributed by atoms with van der Waals surface area (Å²) in [5.74, 6) is -17.2. The summed E-state index contributed by atoms with van der Waals surface area (Å²) in [6.45, 7) is 16.2. The maximum Gasteiger partial charge on any atom is 0.329 e. The number of amides is 7. The largest absolute Gasteiger partial charge is 0.458 e. The summed E-state index contributed by atoms with van der Waals surface area (Å²) in [6.07, 6.45) is -4.12. The van der Waals surface area contributed by atoms with Crippen molar-refractivity contribution in [3.8, 4) is 22.3 Å². The number of Topliss-reactive ketones (excluding diaryl/α,β-unsaturated/α-hetero) is 4. The van der Waals surface area contributed by atoms with Gasteiger partial charge in [0.2, 0.25) is 41.4 Å². The minimum absolute atomic E-state index is 0.0518. The number of nitrogens with two attached hydrogens (primary N) is 2. The Balaban J connectivity index is 1.27. The van der Waals surface area contributed by atoms with E-state index in [4.69, 9.17) is 16.2 Å². The number of primary amides is 1. The third kappa shape index (κ3) is 22.0. The number of rotatable bonds is 36. The molecule has 24 heteroatoms. The fraction of sp³-hybridized carbons (Fsp3) is 0.595. The normalized spacial score (nSPS) is 22.6. The molecule has 0 radical (unpaired) electrons. The summed E-state index contributed by atoms with van der Waals surface area (Å²) in [5, 5.41) is 37.4. The number of hydrogen-bond acceptors (Lipinski definition) is 16. The number of carbonyl (C=O) groups excluding carboxylic acids is 12. The van der Waals surface area contributed by atoms with Crippen molar-refractivity contribution in [2.24, 2.45) is 64.7 Å². The smallest absolute Gasteiger partial charge is 0.329 e. The molecule has 98 heavy (non-hydrogen) atoms. The van der Waals surface area contributed by atoms with Crippen molar-refractivity contribution in [3.63, 3.8) is 0 Å². The SMILES string of the molecule is CC[C@H](C)[C@H](NC(=O)[C@H](N)Cc1ccc(-c2ccccc2-c2ccccc2)cc1)C(=O)C[C@@H](CO)C(=O)N[C@H](CCC(N)=O)C(=O)C[C@@H](C(=O)N[C@H](C(=O)C[C@@H](CO)C(=O)N[C@H]1C(=O)C[C@@H](C)C(=O)NC2(CC2CC(C)F)C(=O)N[C@@H]([C@@H](C)CC)C(=O)O[C@H]1C)[C@@H](C)CC)[C@@H](C)CC. The first-order chi connectivity index (χ1) is 46.4. The van der Waals surface area contributed by atoms with E-state index in [2.05, 4.69) is 31.9 Å². The number of halogens is 1. The molecule has 0 aromatic heterocycles. The molecule has 23 nitrogen and oxygen atoms in total. The van der Waals surface area contributed by atoms with Crippen LogP contribution in [0.5, 0.6) is 0 Å². The van der Waals surface area contributed by atoms with Crippen LogP contribution in [0.15, 0.2) is 78.9 Å². The third-order valence-corrected chi connectivity index (χ3v) is 19.9. The van der Waals surface area contributed by atoms with Crippen LogP contribution in [0.2, 0.25) is 0 Å². The third-order valence-electron chi connectivity index (χ3n) is 19.9. The highest BCUT2D eigenvalue weighted by molar-refractivity contribution is 6.01. The molecular formula is C74H105FN8O15. The van der Waals surface area contributed by atoms with Crippen molar-refractivity contribution in [3.05, 3.63) is 84.4 Å². The first-order valence-corrected chi connectivity index (χ1v) is 34.7. The van der Waals surface area contributed by atoms with Crippen LogP contribution in [-0.4, -0.2) is 148 Å². The Morgan fingerprint density at radius 3 is 1.71 bits per heavy atom. The van der Waals surface area contributed by atoms with Gasteiger partial charge < -0.3 is 58.3 Å². The van der Waals surface area contributed by atoms with E-state index in [0.29, 0.717) is 25.7 Å². The maximum absolute atomic E-state index is 14.6. The predicted octanol–water partition coefficient (Wildman–Crippen LogP) is 5.64. The van der Waals surface area contributed by atoms with Gasteiger partial charge in [-0.3, -0.25) is 52.7 Å². The lowest BCUT2D eigenvalue weighted by Gasteiger charge is -2.30. The quantitative estimate of drug-likeness (QED) is 0.0315. The van der Waals surface area contributed by atoms with Gasteiger partial charge in [-0.25, -0.2) is 9.18 Å². The standard InChI is InChI=1S/C74H105FN8O15/c1-12-40(5)55(70(94)79-63(41(6)13-2)60(88)35-51(39-85)69(93)81-66-46(11)98-72(96)65(43(8)15-4)82-73(97)74(37-52(74)32-45(10)75)83-67(91)44(9)31-59(66)87)36-58(86)57(29-30-62(77)90)78-68(92)50(38-84)34-61(89)64(42(7)14-3)80-71(95)56(76)33-47-25-27-49(28-26-47)54-24-20-19-23-53(54)48-21-17-16-18-22-48/h16-28,40-46,50-52,55-57,63-66,84-85H,12-15,29-39,76H2,1-11H3,(H2,77,90)(H,78,92)(H,79,94)(H,80,95)(H,81,93)(H,82,97)(H,83,91)/t40-,41-,42-,43-,44+,45?,46-,50-,51-,52?,55+,56+,57+,63-,64-,65-,66+,74?/m0/s1. The number of alkyl halides is 1. The molecule has 5 rings (SSSR count). The van der Waals surface area contributed by atoms with Crippen LogP contribution < -0.4 is 43.4 Å². The number of aliphatic hydroxyl groups is 2. The van der Waals surface area contributed by atoms with Gasteiger partial charge >= 0.3 is 5.97 Å². The maximum atomic E-state index is 14.6. The molecule has 2 aliphatic rings. The second kappa shape index (κ2) is 37.8. The van der Waals surface area contributed by atoms with E-state index in [1.165, 1.54) is 20.8 Å². The van der Waals surface area contributed by atoms with E-state index >= 15 is 0 Å². The first kappa shape index (κ1) is 80.6. The van der Waals surface area contributed by atoms with Crippen molar-refractivity contribution in [1.29, 1.82) is 0 Å². The van der Waals surface area contributed by atoms with Crippen LogP contribution in [-0.2, 0) is 68.7 Å². The molecule has 538 valence electrons. The van der Waals surface area contributed by atoms with Crippen molar-refractivity contribution >= 4 is 70.5 Å². The zero-order valence-corrected chi connectivity index (χ0v) is 58.7. The summed E-state index contributed by atoms with van der Waals surface area (Å²) in [5.41, 5.74) is 15.3. The molecule has 3 aromatic carbocycles. The molecule has 1 saturated carbocycles. The van der Waals surface area contributed by atoms with Gasteiger partial charge in [0.25, 0.3) is 0 Å². The number of carbonyl (C=O) groups is 12. The Bertz CT molecular complexity index is 3280. The molecule has 3 unspecified atom stereocenters. The van der Waals surface area contributed by atoms with E-state index in [9.17, 15) is 72.1 Å². The summed E-state index contributed by atoms with van der Waals surface area (Å²) in [7, 11) is 0. The van der Waals surface area contributed by atoms with Gasteiger partial charge in [0.1, 0.15) is 23.7 Å². The average Bonchev–Trinajstić information content (AvgIpc) is 1.58. The lowest BCUT2D eigenvalue weighted by atomic mass is 9.83. The molecular weight excluding hydrogens is 1260 g/mol. The van der Waals surface area contributed by atoms with Gasteiger partial charge in [-0.05, 0) is 96.9 Å². The van der Waals surface area contributed by atoms with Crippen molar-refractivity contribution < 1.29 is 76.9 Å². The average molecular weight is 1370 g/mol. The molecule has 7 amide bonds. The fourth-order valence-corrected chi connectivity index (χ4v) is 12.5. The van der Waals surface area contributed by atoms with Crippen LogP contribution in [0.4, 0.5) is 4.39 Å². The molecule has 1 spiro atoms. The predicted molar refractivity (Wildman–Crippen MR) is 367 cm³/mol. The summed E-state index contributed by atoms with van der Waals surface area (Å²) in [4.78, 5) is 168. The molecule has 3 aromatic rings. The van der Waals surface area contributed by atoms with Gasteiger partial charge in [0, 0.05) is 43.9 Å². The van der Waals surface area contributed by atoms with Crippen LogP contribution >= 0.6 is 0 Å². The Kier molecular flexibility index (Phi) is 31.0. The molecule has 1 saturated heterocycles.